The van der Waals surface area contributed by atoms with Crippen LogP contribution in [0.2, 0.25) is 0 Å². The number of benzene rings is 1. The first kappa shape index (κ1) is 19.2. The summed E-state index contributed by atoms with van der Waals surface area (Å²) in [6, 6.07) is 10.1. The van der Waals surface area contributed by atoms with Crippen LogP contribution >= 0.6 is 0 Å². The maximum absolute atomic E-state index is 11.1. The van der Waals surface area contributed by atoms with E-state index in [-0.39, 0.29) is 12.5 Å². The second-order valence-corrected chi connectivity index (χ2v) is 7.01. The smallest absolute Gasteiger partial charge is 0.209 e. The van der Waals surface area contributed by atoms with Crippen molar-refractivity contribution in [3.8, 4) is 18.0 Å². The van der Waals surface area contributed by atoms with Crippen molar-refractivity contribution >= 4 is 5.96 Å². The third-order valence-corrected chi connectivity index (χ3v) is 4.74. The average molecular weight is 376 g/mol. The highest BCUT2D eigenvalue weighted by molar-refractivity contribution is 5.80. The first-order valence-electron chi connectivity index (χ1n) is 8.66. The lowest BCUT2D eigenvalue weighted by Crippen LogP contribution is -2.55. The Morgan fingerprint density at radius 3 is 2.68 bits per heavy atom. The molecule has 2 aromatic rings. The van der Waals surface area contributed by atoms with Crippen molar-refractivity contribution in [2.75, 3.05) is 0 Å². The standard InChI is InChI=1S/C20H20N6O2/c1-20(2)18(27)17(15-9-14(10-21)3-4-16(15)28-20)26(19(23)25-12-22)11-13-5-7-24-8-6-13/h3-9,17-18,27H,11H2,1-2H3,(H2,23,25)/t17-,18+/m1/s1. The highest BCUT2D eigenvalue weighted by Crippen LogP contribution is 2.43. The van der Waals surface area contributed by atoms with Crippen LogP contribution < -0.4 is 10.5 Å². The quantitative estimate of drug-likeness (QED) is 0.474. The minimum Gasteiger partial charge on any atom is -0.485 e. The normalized spacial score (nSPS) is 20.2. The molecule has 8 nitrogen and oxygen atoms in total. The molecule has 0 unspecified atom stereocenters. The van der Waals surface area contributed by atoms with Crippen LogP contribution in [0.25, 0.3) is 0 Å². The molecule has 0 aliphatic carbocycles. The fraction of sp³-hybridized carbons (Fsp3) is 0.300. The number of fused-ring (bicyclic) bond motifs is 1. The lowest BCUT2D eigenvalue weighted by molar-refractivity contribution is -0.0829. The summed E-state index contributed by atoms with van der Waals surface area (Å²) in [5, 5.41) is 29.4. The molecule has 1 aliphatic rings. The third kappa shape index (κ3) is 3.59. The molecule has 1 aromatic heterocycles. The number of aromatic nitrogens is 1. The SMILES string of the molecule is CC1(C)Oc2ccc(C#N)cc2[C@@H](N(Cc2ccncc2)C(N)=NC#N)[C@@H]1O. The minimum absolute atomic E-state index is 0.0330. The zero-order valence-corrected chi connectivity index (χ0v) is 15.6. The van der Waals surface area contributed by atoms with Gasteiger partial charge in [0.2, 0.25) is 12.2 Å². The van der Waals surface area contributed by atoms with Crippen molar-refractivity contribution in [1.82, 2.24) is 9.88 Å². The molecule has 0 bridgehead atoms. The molecule has 0 saturated heterocycles. The highest BCUT2D eigenvalue weighted by atomic mass is 16.5. The van der Waals surface area contributed by atoms with E-state index < -0.39 is 17.7 Å². The van der Waals surface area contributed by atoms with E-state index in [2.05, 4.69) is 16.0 Å². The van der Waals surface area contributed by atoms with Gasteiger partial charge in [-0.05, 0) is 49.7 Å². The molecule has 2 heterocycles. The summed E-state index contributed by atoms with van der Waals surface area (Å²) in [6.07, 6.45) is 4.00. The Labute approximate surface area is 163 Å². The molecule has 1 aliphatic heterocycles. The fourth-order valence-electron chi connectivity index (χ4n) is 3.30. The summed E-state index contributed by atoms with van der Waals surface area (Å²) in [7, 11) is 0. The molecule has 0 amide bonds. The van der Waals surface area contributed by atoms with E-state index in [1.54, 1.807) is 55.5 Å². The lowest BCUT2D eigenvalue weighted by Gasteiger charge is -2.46. The van der Waals surface area contributed by atoms with E-state index in [1.165, 1.54) is 0 Å². The number of aliphatic hydroxyl groups excluding tert-OH is 1. The zero-order chi connectivity index (χ0) is 20.3. The number of nitrogens with two attached hydrogens (primary N) is 1. The Morgan fingerprint density at radius 1 is 1.32 bits per heavy atom. The van der Waals surface area contributed by atoms with Crippen LogP contribution in [0, 0.1) is 22.8 Å². The largest absolute Gasteiger partial charge is 0.485 e. The van der Waals surface area contributed by atoms with Crippen LogP contribution in [0.5, 0.6) is 5.75 Å². The molecule has 3 N–H and O–H groups in total. The Morgan fingerprint density at radius 2 is 2.04 bits per heavy atom. The first-order valence-corrected chi connectivity index (χ1v) is 8.66. The van der Waals surface area contributed by atoms with Crippen LogP contribution in [0.3, 0.4) is 0 Å². The summed E-state index contributed by atoms with van der Waals surface area (Å²) >= 11 is 0. The van der Waals surface area contributed by atoms with Crippen molar-refractivity contribution in [3.05, 3.63) is 59.4 Å². The molecular formula is C20H20N6O2. The highest BCUT2D eigenvalue weighted by Gasteiger charge is 2.46. The van der Waals surface area contributed by atoms with E-state index in [4.69, 9.17) is 15.7 Å². The number of hydrogen-bond donors (Lipinski definition) is 2. The number of nitrogens with zero attached hydrogens (tertiary/aromatic N) is 5. The van der Waals surface area contributed by atoms with Gasteiger partial charge in [0.15, 0.2) is 0 Å². The Kier molecular flexibility index (Phi) is 5.16. The topological polar surface area (TPSA) is 132 Å². The Bertz CT molecular complexity index is 974. The molecule has 0 spiro atoms. The van der Waals surface area contributed by atoms with Crippen molar-refractivity contribution in [2.24, 2.45) is 10.7 Å². The molecule has 0 saturated carbocycles. The van der Waals surface area contributed by atoms with Crippen molar-refractivity contribution in [1.29, 1.82) is 10.5 Å². The third-order valence-electron chi connectivity index (χ3n) is 4.74. The van der Waals surface area contributed by atoms with Crippen LogP contribution in [0.15, 0.2) is 47.7 Å². The minimum atomic E-state index is -0.997. The van der Waals surface area contributed by atoms with Gasteiger partial charge >= 0.3 is 0 Å². The molecule has 1 aromatic carbocycles. The number of ether oxygens (including phenoxy) is 1. The van der Waals surface area contributed by atoms with Crippen LogP contribution in [0.4, 0.5) is 0 Å². The summed E-state index contributed by atoms with van der Waals surface area (Å²) in [5.74, 6) is 0.512. The van der Waals surface area contributed by atoms with Crippen molar-refractivity contribution in [3.63, 3.8) is 0 Å². The van der Waals surface area contributed by atoms with Gasteiger partial charge < -0.3 is 20.5 Å². The number of nitriles is 2. The van der Waals surface area contributed by atoms with Gasteiger partial charge in [0.1, 0.15) is 17.5 Å². The van der Waals surface area contributed by atoms with Gasteiger partial charge in [-0.2, -0.15) is 10.5 Å². The molecular weight excluding hydrogens is 356 g/mol. The van der Waals surface area contributed by atoms with E-state index in [1.807, 2.05) is 12.1 Å². The maximum Gasteiger partial charge on any atom is 0.209 e. The van der Waals surface area contributed by atoms with Gasteiger partial charge in [-0.3, -0.25) is 4.98 Å². The monoisotopic (exact) mass is 376 g/mol. The number of guanidine groups is 1. The van der Waals surface area contributed by atoms with Gasteiger partial charge in [0, 0.05) is 24.5 Å². The number of rotatable bonds is 3. The van der Waals surface area contributed by atoms with Crippen LogP contribution in [0.1, 0.15) is 36.6 Å². The van der Waals surface area contributed by atoms with E-state index >= 15 is 0 Å². The zero-order valence-electron chi connectivity index (χ0n) is 15.6. The molecule has 3 rings (SSSR count). The second-order valence-electron chi connectivity index (χ2n) is 7.01. The summed E-state index contributed by atoms with van der Waals surface area (Å²) in [6.45, 7) is 3.83. The van der Waals surface area contributed by atoms with Crippen molar-refractivity contribution < 1.29 is 9.84 Å². The lowest BCUT2D eigenvalue weighted by atomic mass is 9.85. The second kappa shape index (κ2) is 7.55. The fourth-order valence-corrected chi connectivity index (χ4v) is 3.30. The van der Waals surface area contributed by atoms with E-state index in [0.29, 0.717) is 16.9 Å². The molecule has 8 heteroatoms. The Balaban J connectivity index is 2.16. The predicted octanol–water partition coefficient (Wildman–Crippen LogP) is 1.82. The van der Waals surface area contributed by atoms with Crippen molar-refractivity contribution in [2.45, 2.75) is 38.1 Å². The molecule has 0 fully saturated rings. The molecule has 142 valence electrons. The number of pyridine rings is 1. The first-order chi connectivity index (χ1) is 13.4. The van der Waals surface area contributed by atoms with Gasteiger partial charge in [-0.1, -0.05) is 0 Å². The summed E-state index contributed by atoms with van der Waals surface area (Å²) < 4.78 is 5.96. The summed E-state index contributed by atoms with van der Waals surface area (Å²) in [4.78, 5) is 9.34. The van der Waals surface area contributed by atoms with Crippen LogP contribution in [-0.4, -0.2) is 32.7 Å². The molecule has 2 atom stereocenters. The number of aliphatic hydroxyl groups is 1. The Hall–Kier alpha value is -3.62. The van der Waals surface area contributed by atoms with E-state index in [0.717, 1.165) is 5.56 Å². The van der Waals surface area contributed by atoms with Gasteiger partial charge in [-0.15, -0.1) is 4.99 Å². The van der Waals surface area contributed by atoms with Gasteiger partial charge in [-0.25, -0.2) is 0 Å². The average Bonchev–Trinajstić information content (AvgIpc) is 2.68. The maximum atomic E-state index is 11.1. The predicted molar refractivity (Wildman–Crippen MR) is 102 cm³/mol. The number of aliphatic imine (C=N–C) groups is 1. The van der Waals surface area contributed by atoms with Gasteiger partial charge in [0.05, 0.1) is 17.7 Å². The molecule has 28 heavy (non-hydrogen) atoms. The molecule has 0 radical (unpaired) electrons. The van der Waals surface area contributed by atoms with Crippen LogP contribution in [-0.2, 0) is 6.54 Å². The summed E-state index contributed by atoms with van der Waals surface area (Å²) in [5.41, 5.74) is 7.10. The van der Waals surface area contributed by atoms with Gasteiger partial charge in [0.25, 0.3) is 0 Å². The number of hydrogen-bond acceptors (Lipinski definition) is 6. The van der Waals surface area contributed by atoms with E-state index in [9.17, 15) is 10.4 Å².